The average molecular weight is 363 g/mol. The van der Waals surface area contributed by atoms with Crippen LogP contribution in [0, 0.1) is 6.92 Å². The molecule has 0 radical (unpaired) electrons. The fraction of sp³-hybridized carbons (Fsp3) is 0.286. The lowest BCUT2D eigenvalue weighted by molar-refractivity contribution is -0.134. The smallest absolute Gasteiger partial charge is 0.251 e. The summed E-state index contributed by atoms with van der Waals surface area (Å²) in [5.41, 5.74) is 6.87. The molecule has 2 aromatic rings. The molecule has 2 aromatic carbocycles. The molecule has 3 aliphatic heterocycles. The van der Waals surface area contributed by atoms with Crippen molar-refractivity contribution in [2.24, 2.45) is 0 Å². The highest BCUT2D eigenvalue weighted by Gasteiger charge is 2.40. The Hall–Kier alpha value is -2.99. The number of carbonyl (C=O) groups is 1. The second kappa shape index (κ2) is 6.32. The lowest BCUT2D eigenvalue weighted by Gasteiger charge is -2.31. The standard InChI is InChI=1S/C21H21N3O3/c1-14-2-4-15(5-3-14)12-23-8-9-24-18(21(23)25)11-17(22-24)16-6-7-19-20(10-16)27-13-26-19/h2-10,17-18,22H,11-13H2,1H3. The number of aryl methyl sites for hydroxylation is 1. The Bertz CT molecular complexity index is 909. The molecule has 5 rings (SSSR count). The SMILES string of the molecule is Cc1ccc(CN2C=CN3NC(c4ccc5c(c4)OCO5)CC3C2=O)cc1. The van der Waals surface area contributed by atoms with Gasteiger partial charge in [0, 0.05) is 12.4 Å². The van der Waals surface area contributed by atoms with E-state index in [1.807, 2.05) is 35.6 Å². The molecule has 0 aliphatic carbocycles. The van der Waals surface area contributed by atoms with E-state index in [1.165, 1.54) is 5.56 Å². The zero-order chi connectivity index (χ0) is 18.4. The minimum absolute atomic E-state index is 0.0671. The van der Waals surface area contributed by atoms with Crippen molar-refractivity contribution >= 4 is 5.91 Å². The van der Waals surface area contributed by atoms with Crippen molar-refractivity contribution in [2.75, 3.05) is 6.79 Å². The van der Waals surface area contributed by atoms with E-state index in [-0.39, 0.29) is 24.8 Å². The first-order chi connectivity index (χ1) is 13.2. The van der Waals surface area contributed by atoms with Crippen molar-refractivity contribution in [3.8, 4) is 11.5 Å². The number of hydrogen-bond acceptors (Lipinski definition) is 5. The number of hydrogen-bond donors (Lipinski definition) is 1. The van der Waals surface area contributed by atoms with Crippen LogP contribution < -0.4 is 14.9 Å². The van der Waals surface area contributed by atoms with Crippen LogP contribution in [0.5, 0.6) is 11.5 Å². The third-order valence-electron chi connectivity index (χ3n) is 5.35. The molecule has 27 heavy (non-hydrogen) atoms. The highest BCUT2D eigenvalue weighted by atomic mass is 16.7. The molecule has 0 saturated carbocycles. The molecule has 0 spiro atoms. The van der Waals surface area contributed by atoms with Crippen LogP contribution in [0.25, 0.3) is 0 Å². The molecular formula is C21H21N3O3. The van der Waals surface area contributed by atoms with Crippen molar-refractivity contribution in [1.29, 1.82) is 0 Å². The summed E-state index contributed by atoms with van der Waals surface area (Å²) in [5, 5.41) is 1.92. The summed E-state index contributed by atoms with van der Waals surface area (Å²) in [4.78, 5) is 14.8. The largest absolute Gasteiger partial charge is 0.454 e. The van der Waals surface area contributed by atoms with Gasteiger partial charge in [0.15, 0.2) is 11.5 Å². The van der Waals surface area contributed by atoms with Gasteiger partial charge in [-0.05, 0) is 36.6 Å². The number of nitrogens with one attached hydrogen (secondary N) is 1. The van der Waals surface area contributed by atoms with Gasteiger partial charge in [-0.3, -0.25) is 4.79 Å². The molecule has 1 saturated heterocycles. The normalized spacial score (nSPS) is 23.1. The van der Waals surface area contributed by atoms with E-state index >= 15 is 0 Å². The topological polar surface area (TPSA) is 54.0 Å². The number of nitrogens with zero attached hydrogens (tertiary/aromatic N) is 2. The third kappa shape index (κ3) is 2.92. The van der Waals surface area contributed by atoms with Gasteiger partial charge in [0.1, 0.15) is 6.04 Å². The average Bonchev–Trinajstić information content (AvgIpc) is 3.32. The van der Waals surface area contributed by atoms with Crippen molar-refractivity contribution in [3.63, 3.8) is 0 Å². The van der Waals surface area contributed by atoms with E-state index in [0.29, 0.717) is 13.0 Å². The van der Waals surface area contributed by atoms with Crippen LogP contribution in [-0.2, 0) is 11.3 Å². The predicted octanol–water partition coefficient (Wildman–Crippen LogP) is 2.86. The number of carbonyl (C=O) groups excluding carboxylic acids is 1. The molecule has 6 heteroatoms. The maximum atomic E-state index is 13.0. The van der Waals surface area contributed by atoms with Crippen LogP contribution in [0.1, 0.15) is 29.2 Å². The number of amides is 1. The number of hydrazine groups is 1. The Morgan fingerprint density at radius 3 is 2.74 bits per heavy atom. The van der Waals surface area contributed by atoms with Gasteiger partial charge in [0.25, 0.3) is 5.91 Å². The Morgan fingerprint density at radius 2 is 1.89 bits per heavy atom. The molecular weight excluding hydrogens is 342 g/mol. The van der Waals surface area contributed by atoms with Crippen LogP contribution >= 0.6 is 0 Å². The first-order valence-corrected chi connectivity index (χ1v) is 9.16. The number of fused-ring (bicyclic) bond motifs is 2. The zero-order valence-corrected chi connectivity index (χ0v) is 15.1. The molecule has 2 unspecified atom stereocenters. The minimum atomic E-state index is -0.198. The van der Waals surface area contributed by atoms with Gasteiger partial charge in [0.05, 0.1) is 12.6 Å². The number of rotatable bonds is 3. The van der Waals surface area contributed by atoms with E-state index in [9.17, 15) is 4.79 Å². The molecule has 3 heterocycles. The van der Waals surface area contributed by atoms with Crippen LogP contribution in [-0.4, -0.2) is 28.7 Å². The molecule has 1 fully saturated rings. The maximum Gasteiger partial charge on any atom is 0.251 e. The Morgan fingerprint density at radius 1 is 1.07 bits per heavy atom. The fourth-order valence-corrected chi connectivity index (χ4v) is 3.80. The van der Waals surface area contributed by atoms with Gasteiger partial charge >= 0.3 is 0 Å². The second-order valence-electron chi connectivity index (χ2n) is 7.20. The van der Waals surface area contributed by atoms with Gasteiger partial charge in [-0.15, -0.1) is 0 Å². The predicted molar refractivity (Wildman–Crippen MR) is 99.6 cm³/mol. The molecule has 3 aliphatic rings. The Kier molecular flexibility index (Phi) is 3.79. The van der Waals surface area contributed by atoms with Gasteiger partial charge in [-0.1, -0.05) is 35.9 Å². The molecule has 6 nitrogen and oxygen atoms in total. The van der Waals surface area contributed by atoms with E-state index in [4.69, 9.17) is 9.47 Å². The Labute approximate surface area is 157 Å². The maximum absolute atomic E-state index is 13.0. The monoisotopic (exact) mass is 363 g/mol. The molecule has 138 valence electrons. The van der Waals surface area contributed by atoms with Gasteiger partial charge in [0.2, 0.25) is 6.79 Å². The fourth-order valence-electron chi connectivity index (χ4n) is 3.80. The van der Waals surface area contributed by atoms with E-state index < -0.39 is 0 Å². The van der Waals surface area contributed by atoms with Gasteiger partial charge in [-0.2, -0.15) is 0 Å². The van der Waals surface area contributed by atoms with Crippen LogP contribution in [0.3, 0.4) is 0 Å². The Balaban J connectivity index is 1.31. The van der Waals surface area contributed by atoms with Crippen LogP contribution in [0.2, 0.25) is 0 Å². The summed E-state index contributed by atoms with van der Waals surface area (Å²) in [6, 6.07) is 14.1. The van der Waals surface area contributed by atoms with E-state index in [1.54, 1.807) is 4.90 Å². The molecule has 0 aromatic heterocycles. The first-order valence-electron chi connectivity index (χ1n) is 9.16. The first kappa shape index (κ1) is 16.2. The minimum Gasteiger partial charge on any atom is -0.454 e. The number of benzene rings is 2. The van der Waals surface area contributed by atoms with Crippen LogP contribution in [0.4, 0.5) is 0 Å². The van der Waals surface area contributed by atoms with E-state index in [0.717, 1.165) is 22.6 Å². The van der Waals surface area contributed by atoms with Crippen molar-refractivity contribution < 1.29 is 14.3 Å². The zero-order valence-electron chi connectivity index (χ0n) is 15.1. The highest BCUT2D eigenvalue weighted by Crippen LogP contribution is 2.37. The van der Waals surface area contributed by atoms with Crippen LogP contribution in [0.15, 0.2) is 54.9 Å². The number of ether oxygens (including phenoxy) is 2. The molecule has 2 atom stereocenters. The molecule has 1 N–H and O–H groups in total. The highest BCUT2D eigenvalue weighted by molar-refractivity contribution is 5.84. The molecule has 0 bridgehead atoms. The van der Waals surface area contributed by atoms with Gasteiger partial charge in [-0.25, -0.2) is 5.43 Å². The third-order valence-corrected chi connectivity index (χ3v) is 5.35. The lowest BCUT2D eigenvalue weighted by Crippen LogP contribution is -2.47. The quantitative estimate of drug-likeness (QED) is 0.909. The summed E-state index contributed by atoms with van der Waals surface area (Å²) < 4.78 is 10.9. The summed E-state index contributed by atoms with van der Waals surface area (Å²) in [6.45, 7) is 2.92. The summed E-state index contributed by atoms with van der Waals surface area (Å²) in [6.07, 6.45) is 4.52. The van der Waals surface area contributed by atoms with Crippen molar-refractivity contribution in [1.82, 2.24) is 15.3 Å². The second-order valence-corrected chi connectivity index (χ2v) is 7.20. The van der Waals surface area contributed by atoms with Crippen molar-refractivity contribution in [2.45, 2.75) is 32.0 Å². The van der Waals surface area contributed by atoms with E-state index in [2.05, 4.69) is 36.6 Å². The molecule has 1 amide bonds. The van der Waals surface area contributed by atoms with Gasteiger partial charge < -0.3 is 19.4 Å². The lowest BCUT2D eigenvalue weighted by atomic mass is 10.0. The van der Waals surface area contributed by atoms with Crippen molar-refractivity contribution in [3.05, 3.63) is 71.6 Å². The summed E-state index contributed by atoms with van der Waals surface area (Å²) in [5.74, 6) is 1.66. The summed E-state index contributed by atoms with van der Waals surface area (Å²) in [7, 11) is 0. The summed E-state index contributed by atoms with van der Waals surface area (Å²) >= 11 is 0.